The fourth-order valence-corrected chi connectivity index (χ4v) is 3.37. The fraction of sp³-hybridized carbons (Fsp3) is 0.500. The van der Waals surface area contributed by atoms with E-state index in [2.05, 4.69) is 15.9 Å². The summed E-state index contributed by atoms with van der Waals surface area (Å²) in [6.45, 7) is 0.501. The van der Waals surface area contributed by atoms with Crippen LogP contribution in [0, 0.1) is 0 Å². The second-order valence-electron chi connectivity index (χ2n) is 4.84. The quantitative estimate of drug-likeness (QED) is 0.838. The Labute approximate surface area is 119 Å². The number of nitrogens with zero attached hydrogens (tertiary/aromatic N) is 1. The predicted molar refractivity (Wildman–Crippen MR) is 72.1 cm³/mol. The molecule has 2 rings (SSSR count). The van der Waals surface area contributed by atoms with Crippen LogP contribution in [0.4, 0.5) is 8.78 Å². The van der Waals surface area contributed by atoms with E-state index < -0.39 is 15.8 Å². The van der Waals surface area contributed by atoms with Crippen molar-refractivity contribution >= 4 is 25.8 Å². The highest BCUT2D eigenvalue weighted by Gasteiger charge is 2.38. The molecule has 0 saturated carbocycles. The van der Waals surface area contributed by atoms with E-state index in [1.807, 2.05) is 0 Å². The SMILES string of the molecule is CS(=O)(=O)c1ccc(CN2CCC(F)(F)C2)c(Br)c1. The third-order valence-electron chi connectivity index (χ3n) is 3.10. The first kappa shape index (κ1) is 14.9. The number of benzene rings is 1. The van der Waals surface area contributed by atoms with Crippen molar-refractivity contribution < 1.29 is 17.2 Å². The molecule has 0 aromatic heterocycles. The Morgan fingerprint density at radius 1 is 1.42 bits per heavy atom. The van der Waals surface area contributed by atoms with E-state index in [9.17, 15) is 17.2 Å². The maximum absolute atomic E-state index is 13.1. The second kappa shape index (κ2) is 5.10. The molecule has 106 valence electrons. The Kier molecular flexibility index (Phi) is 3.99. The van der Waals surface area contributed by atoms with Crippen LogP contribution in [0.2, 0.25) is 0 Å². The molecule has 0 aliphatic carbocycles. The van der Waals surface area contributed by atoms with Crippen LogP contribution in [0.1, 0.15) is 12.0 Å². The van der Waals surface area contributed by atoms with Gasteiger partial charge in [-0.1, -0.05) is 22.0 Å². The predicted octanol–water partition coefficient (Wildman–Crippen LogP) is 2.69. The minimum atomic E-state index is -3.25. The zero-order valence-corrected chi connectivity index (χ0v) is 12.8. The molecule has 1 aliphatic heterocycles. The molecule has 1 heterocycles. The number of sulfone groups is 1. The van der Waals surface area contributed by atoms with E-state index >= 15 is 0 Å². The van der Waals surface area contributed by atoms with Crippen LogP contribution in [0.25, 0.3) is 0 Å². The highest BCUT2D eigenvalue weighted by molar-refractivity contribution is 9.10. The summed E-state index contributed by atoms with van der Waals surface area (Å²) in [6, 6.07) is 4.68. The summed E-state index contributed by atoms with van der Waals surface area (Å²) in [5, 5.41) is 0. The van der Waals surface area contributed by atoms with E-state index in [1.165, 1.54) is 12.1 Å². The van der Waals surface area contributed by atoms with Gasteiger partial charge in [-0.05, 0) is 17.7 Å². The molecule has 1 aromatic rings. The largest absolute Gasteiger partial charge is 0.293 e. The Morgan fingerprint density at radius 2 is 2.11 bits per heavy atom. The van der Waals surface area contributed by atoms with E-state index in [-0.39, 0.29) is 17.9 Å². The van der Waals surface area contributed by atoms with Crippen LogP contribution >= 0.6 is 15.9 Å². The third kappa shape index (κ3) is 3.73. The number of likely N-dealkylation sites (tertiary alicyclic amines) is 1. The second-order valence-corrected chi connectivity index (χ2v) is 7.71. The maximum Gasteiger partial charge on any atom is 0.261 e. The molecule has 3 nitrogen and oxygen atoms in total. The number of hydrogen-bond donors (Lipinski definition) is 0. The van der Waals surface area contributed by atoms with Gasteiger partial charge < -0.3 is 0 Å². The van der Waals surface area contributed by atoms with Crippen LogP contribution in [0.3, 0.4) is 0 Å². The summed E-state index contributed by atoms with van der Waals surface area (Å²) in [5.74, 6) is -2.61. The van der Waals surface area contributed by atoms with E-state index in [0.717, 1.165) is 11.8 Å². The van der Waals surface area contributed by atoms with E-state index in [4.69, 9.17) is 0 Å². The average molecular weight is 354 g/mol. The topological polar surface area (TPSA) is 37.4 Å². The number of alkyl halides is 2. The van der Waals surface area contributed by atoms with Gasteiger partial charge in [-0.25, -0.2) is 17.2 Å². The zero-order chi connectivity index (χ0) is 14.3. The molecule has 1 fully saturated rings. The Morgan fingerprint density at radius 3 is 2.58 bits per heavy atom. The fourth-order valence-electron chi connectivity index (χ4n) is 2.07. The summed E-state index contributed by atoms with van der Waals surface area (Å²) < 4.78 is 49.6. The average Bonchev–Trinajstić information content (AvgIpc) is 2.59. The lowest BCUT2D eigenvalue weighted by Crippen LogP contribution is -2.25. The standard InChI is InChI=1S/C12H14BrF2NO2S/c1-19(17,18)10-3-2-9(11(13)6-10)7-16-5-4-12(14,15)8-16/h2-3,6H,4-5,7-8H2,1H3. The molecule has 1 aromatic carbocycles. The van der Waals surface area contributed by atoms with Gasteiger partial charge in [0.2, 0.25) is 0 Å². The van der Waals surface area contributed by atoms with Crippen LogP contribution in [-0.2, 0) is 16.4 Å². The summed E-state index contributed by atoms with van der Waals surface area (Å²) in [7, 11) is -3.25. The van der Waals surface area contributed by atoms with Gasteiger partial charge in [-0.15, -0.1) is 0 Å². The van der Waals surface area contributed by atoms with Crippen molar-refractivity contribution in [1.82, 2.24) is 4.90 Å². The molecule has 0 amide bonds. The third-order valence-corrected chi connectivity index (χ3v) is 4.94. The summed E-state index contributed by atoms with van der Waals surface area (Å²) in [6.07, 6.45) is 1.02. The molecule has 0 atom stereocenters. The van der Waals surface area contributed by atoms with Gasteiger partial charge in [0, 0.05) is 30.2 Å². The molecule has 0 radical (unpaired) electrons. The van der Waals surface area contributed by atoms with Gasteiger partial charge >= 0.3 is 0 Å². The van der Waals surface area contributed by atoms with Crippen LogP contribution in [-0.4, -0.2) is 38.6 Å². The Hall–Kier alpha value is -0.530. The summed E-state index contributed by atoms with van der Waals surface area (Å²) >= 11 is 3.30. The number of rotatable bonds is 3. The number of halogens is 3. The Balaban J connectivity index is 2.15. The van der Waals surface area contributed by atoms with Crippen LogP contribution in [0.15, 0.2) is 27.6 Å². The van der Waals surface area contributed by atoms with Crippen molar-refractivity contribution in [1.29, 1.82) is 0 Å². The maximum atomic E-state index is 13.1. The number of hydrogen-bond acceptors (Lipinski definition) is 3. The first-order valence-electron chi connectivity index (χ1n) is 5.76. The van der Waals surface area contributed by atoms with Crippen molar-refractivity contribution in [2.75, 3.05) is 19.3 Å². The first-order chi connectivity index (χ1) is 8.67. The molecule has 0 N–H and O–H groups in total. The van der Waals surface area contributed by atoms with Gasteiger partial charge in [0.25, 0.3) is 5.92 Å². The molecule has 19 heavy (non-hydrogen) atoms. The molecular weight excluding hydrogens is 340 g/mol. The molecule has 1 aliphatic rings. The van der Waals surface area contributed by atoms with Gasteiger partial charge in [-0.3, -0.25) is 4.90 Å². The Bertz CT molecular complexity index is 589. The zero-order valence-electron chi connectivity index (χ0n) is 10.4. The minimum Gasteiger partial charge on any atom is -0.293 e. The van der Waals surface area contributed by atoms with Crippen molar-refractivity contribution in [3.8, 4) is 0 Å². The first-order valence-corrected chi connectivity index (χ1v) is 8.44. The van der Waals surface area contributed by atoms with Gasteiger partial charge in [0.1, 0.15) is 0 Å². The molecule has 0 unspecified atom stereocenters. The smallest absolute Gasteiger partial charge is 0.261 e. The van der Waals surface area contributed by atoms with Gasteiger partial charge in [0.15, 0.2) is 9.84 Å². The molecule has 0 spiro atoms. The lowest BCUT2D eigenvalue weighted by atomic mass is 10.2. The molecule has 7 heteroatoms. The normalized spacial score (nSPS) is 19.8. The van der Waals surface area contributed by atoms with Crippen LogP contribution < -0.4 is 0 Å². The van der Waals surface area contributed by atoms with Gasteiger partial charge in [-0.2, -0.15) is 0 Å². The lowest BCUT2D eigenvalue weighted by molar-refractivity contribution is 0.0115. The monoisotopic (exact) mass is 353 g/mol. The minimum absolute atomic E-state index is 0.119. The van der Waals surface area contributed by atoms with E-state index in [1.54, 1.807) is 11.0 Å². The summed E-state index contributed by atoms with van der Waals surface area (Å²) in [5.41, 5.74) is 0.810. The summed E-state index contributed by atoms with van der Waals surface area (Å²) in [4.78, 5) is 1.88. The van der Waals surface area contributed by atoms with Crippen LogP contribution in [0.5, 0.6) is 0 Å². The highest BCUT2D eigenvalue weighted by atomic mass is 79.9. The molecular formula is C12H14BrF2NO2S. The van der Waals surface area contributed by atoms with Crippen molar-refractivity contribution in [3.05, 3.63) is 28.2 Å². The van der Waals surface area contributed by atoms with E-state index in [0.29, 0.717) is 17.6 Å². The molecule has 1 saturated heterocycles. The lowest BCUT2D eigenvalue weighted by Gasteiger charge is -2.16. The molecule has 0 bridgehead atoms. The van der Waals surface area contributed by atoms with Crippen molar-refractivity contribution in [2.45, 2.75) is 23.8 Å². The van der Waals surface area contributed by atoms with Gasteiger partial charge in [0.05, 0.1) is 11.4 Å². The van der Waals surface area contributed by atoms with Crippen molar-refractivity contribution in [2.24, 2.45) is 0 Å². The highest BCUT2D eigenvalue weighted by Crippen LogP contribution is 2.29. The van der Waals surface area contributed by atoms with Crippen molar-refractivity contribution in [3.63, 3.8) is 0 Å².